The normalized spacial score (nSPS) is 11.8. The number of alkyl halides is 3. The summed E-state index contributed by atoms with van der Waals surface area (Å²) >= 11 is 1.21. The second-order valence-corrected chi connectivity index (χ2v) is 5.54. The van der Waals surface area contributed by atoms with Crippen molar-refractivity contribution in [1.29, 1.82) is 0 Å². The van der Waals surface area contributed by atoms with Crippen molar-refractivity contribution in [1.82, 2.24) is 9.55 Å². The largest absolute Gasteiger partial charge is 0.417 e. The van der Waals surface area contributed by atoms with Gasteiger partial charge in [-0.3, -0.25) is 9.36 Å². The number of imidazole rings is 1. The Morgan fingerprint density at radius 1 is 1.09 bits per heavy atom. The van der Waals surface area contributed by atoms with E-state index in [2.05, 4.69) is 4.98 Å². The van der Waals surface area contributed by atoms with Crippen LogP contribution in [-0.2, 0) is 6.18 Å². The smallest absolute Gasteiger partial charge is 0.268 e. The van der Waals surface area contributed by atoms with Crippen molar-refractivity contribution >= 4 is 28.7 Å². The van der Waals surface area contributed by atoms with Crippen LogP contribution in [-0.4, -0.2) is 21.7 Å². The summed E-state index contributed by atoms with van der Waals surface area (Å²) in [5.41, 5.74) is -0.290. The molecule has 0 spiro atoms. The summed E-state index contributed by atoms with van der Waals surface area (Å²) < 4.78 is 40.7. The molecule has 1 heterocycles. The van der Waals surface area contributed by atoms with Crippen molar-refractivity contribution in [2.75, 3.05) is 6.26 Å². The molecule has 7 heteroatoms. The van der Waals surface area contributed by atoms with Crippen molar-refractivity contribution in [3.8, 4) is 0 Å². The fourth-order valence-electron chi connectivity index (χ4n) is 2.37. The number of aromatic nitrogens is 2. The van der Waals surface area contributed by atoms with Crippen LogP contribution in [0.3, 0.4) is 0 Å². The third kappa shape index (κ3) is 2.72. The first-order chi connectivity index (χ1) is 10.9. The summed E-state index contributed by atoms with van der Waals surface area (Å²) in [6, 6.07) is 11.6. The fraction of sp³-hybridized carbons (Fsp3) is 0.125. The van der Waals surface area contributed by atoms with Crippen molar-refractivity contribution in [3.63, 3.8) is 0 Å². The maximum atomic E-state index is 13.2. The van der Waals surface area contributed by atoms with Crippen molar-refractivity contribution < 1.29 is 18.0 Å². The standard InChI is InChI=1S/C16H11F3N2OS/c1-23-15-20-12-8-4-5-9-13(12)21(15)14(22)10-6-2-3-7-11(10)16(17,18)19/h2-9H,1H3. The van der Waals surface area contributed by atoms with Gasteiger partial charge in [-0.25, -0.2) is 4.98 Å². The van der Waals surface area contributed by atoms with E-state index < -0.39 is 23.2 Å². The molecule has 0 N–H and O–H groups in total. The van der Waals surface area contributed by atoms with Gasteiger partial charge >= 0.3 is 6.18 Å². The third-order valence-electron chi connectivity index (χ3n) is 3.38. The Hall–Kier alpha value is -2.28. The zero-order chi connectivity index (χ0) is 16.6. The molecule has 118 valence electrons. The highest BCUT2D eigenvalue weighted by Gasteiger charge is 2.35. The Kier molecular flexibility index (Phi) is 3.89. The van der Waals surface area contributed by atoms with E-state index in [0.29, 0.717) is 16.2 Å². The number of hydrogen-bond acceptors (Lipinski definition) is 3. The quantitative estimate of drug-likeness (QED) is 0.648. The number of carbonyl (C=O) groups is 1. The highest BCUT2D eigenvalue weighted by molar-refractivity contribution is 7.98. The molecule has 0 amide bonds. The average Bonchev–Trinajstić information content (AvgIpc) is 2.92. The first-order valence-corrected chi connectivity index (χ1v) is 7.88. The monoisotopic (exact) mass is 336 g/mol. The van der Waals surface area contributed by atoms with E-state index in [-0.39, 0.29) is 0 Å². The molecule has 23 heavy (non-hydrogen) atoms. The average molecular weight is 336 g/mol. The zero-order valence-corrected chi connectivity index (χ0v) is 12.8. The van der Waals surface area contributed by atoms with E-state index in [1.165, 1.54) is 34.5 Å². The van der Waals surface area contributed by atoms with Crippen molar-refractivity contribution in [3.05, 3.63) is 59.7 Å². The lowest BCUT2D eigenvalue weighted by Crippen LogP contribution is -2.19. The number of benzene rings is 2. The lowest BCUT2D eigenvalue weighted by Gasteiger charge is -2.13. The van der Waals surface area contributed by atoms with E-state index in [0.717, 1.165) is 6.07 Å². The van der Waals surface area contributed by atoms with Gasteiger partial charge in [0, 0.05) is 0 Å². The van der Waals surface area contributed by atoms with Gasteiger partial charge in [0.1, 0.15) is 0 Å². The minimum Gasteiger partial charge on any atom is -0.268 e. The van der Waals surface area contributed by atoms with Gasteiger partial charge in [0.25, 0.3) is 5.91 Å². The summed E-state index contributed by atoms with van der Waals surface area (Å²) in [6.45, 7) is 0. The molecule has 0 aliphatic rings. The molecule has 1 aromatic heterocycles. The van der Waals surface area contributed by atoms with E-state index in [1.807, 2.05) is 0 Å². The highest BCUT2D eigenvalue weighted by atomic mass is 32.2. The molecule has 0 radical (unpaired) electrons. The number of halogens is 3. The minimum atomic E-state index is -4.60. The van der Waals surface area contributed by atoms with Crippen molar-refractivity contribution in [2.24, 2.45) is 0 Å². The first-order valence-electron chi connectivity index (χ1n) is 6.66. The second-order valence-electron chi connectivity index (χ2n) is 4.77. The molecule has 3 nitrogen and oxygen atoms in total. The molecular weight excluding hydrogens is 325 g/mol. The highest BCUT2D eigenvalue weighted by Crippen LogP contribution is 2.33. The minimum absolute atomic E-state index is 0.355. The van der Waals surface area contributed by atoms with Gasteiger partial charge in [0.05, 0.1) is 22.2 Å². The molecule has 0 aliphatic carbocycles. The predicted octanol–water partition coefficient (Wildman–Crippen LogP) is 4.47. The van der Waals surface area contributed by atoms with E-state index in [9.17, 15) is 18.0 Å². The van der Waals surface area contributed by atoms with Crippen LogP contribution in [0.1, 0.15) is 15.9 Å². The molecule has 3 rings (SSSR count). The summed E-state index contributed by atoms with van der Waals surface area (Å²) in [5.74, 6) is -0.740. The number of carbonyl (C=O) groups excluding carboxylic acids is 1. The van der Waals surface area contributed by atoms with Gasteiger partial charge in [-0.05, 0) is 30.5 Å². The molecule has 0 saturated carbocycles. The van der Waals surface area contributed by atoms with Gasteiger partial charge < -0.3 is 0 Å². The first kappa shape index (κ1) is 15.6. The van der Waals surface area contributed by atoms with Crippen LogP contribution in [0.4, 0.5) is 13.2 Å². The maximum Gasteiger partial charge on any atom is 0.417 e. The second kappa shape index (κ2) is 5.73. The van der Waals surface area contributed by atoms with Crippen LogP contribution < -0.4 is 0 Å². The fourth-order valence-corrected chi connectivity index (χ4v) is 2.93. The van der Waals surface area contributed by atoms with Gasteiger partial charge in [0.2, 0.25) is 0 Å². The molecule has 2 aromatic carbocycles. The van der Waals surface area contributed by atoms with Gasteiger partial charge in [-0.15, -0.1) is 0 Å². The lowest BCUT2D eigenvalue weighted by atomic mass is 10.1. The Morgan fingerprint density at radius 2 is 1.74 bits per heavy atom. The van der Waals surface area contributed by atoms with E-state index in [4.69, 9.17) is 0 Å². The van der Waals surface area contributed by atoms with Gasteiger partial charge in [-0.2, -0.15) is 13.2 Å². The number of fused-ring (bicyclic) bond motifs is 1. The Labute approximate surface area is 134 Å². The molecule has 0 fully saturated rings. The third-order valence-corrected chi connectivity index (χ3v) is 4.02. The summed E-state index contributed by atoms with van der Waals surface area (Å²) in [5, 5.41) is 0.355. The molecular formula is C16H11F3N2OS. The lowest BCUT2D eigenvalue weighted by molar-refractivity contribution is -0.137. The summed E-state index contributed by atoms with van der Waals surface area (Å²) in [6.07, 6.45) is -2.87. The zero-order valence-electron chi connectivity index (χ0n) is 12.0. The van der Waals surface area contributed by atoms with E-state index >= 15 is 0 Å². The van der Waals surface area contributed by atoms with Gasteiger partial charge in [0.15, 0.2) is 5.16 Å². The number of rotatable bonds is 2. The molecule has 3 aromatic rings. The van der Waals surface area contributed by atoms with Crippen LogP contribution in [0, 0.1) is 0 Å². The van der Waals surface area contributed by atoms with Crippen LogP contribution in [0.5, 0.6) is 0 Å². The van der Waals surface area contributed by atoms with Crippen LogP contribution in [0.25, 0.3) is 11.0 Å². The van der Waals surface area contributed by atoms with Crippen molar-refractivity contribution in [2.45, 2.75) is 11.3 Å². The number of para-hydroxylation sites is 2. The number of thioether (sulfide) groups is 1. The molecule has 0 saturated heterocycles. The summed E-state index contributed by atoms with van der Waals surface area (Å²) in [4.78, 5) is 17.1. The SMILES string of the molecule is CSc1nc2ccccc2n1C(=O)c1ccccc1C(F)(F)F. The molecule has 0 aliphatic heterocycles. The Balaban J connectivity index is 2.23. The number of nitrogens with zero attached hydrogens (tertiary/aromatic N) is 2. The Morgan fingerprint density at radius 3 is 2.43 bits per heavy atom. The Bertz CT molecular complexity index is 886. The number of hydrogen-bond donors (Lipinski definition) is 0. The molecule has 0 bridgehead atoms. The van der Waals surface area contributed by atoms with Gasteiger partial charge in [-0.1, -0.05) is 36.0 Å². The van der Waals surface area contributed by atoms with E-state index in [1.54, 1.807) is 30.5 Å². The van der Waals surface area contributed by atoms with Crippen LogP contribution >= 0.6 is 11.8 Å². The predicted molar refractivity (Wildman–Crippen MR) is 82.7 cm³/mol. The molecule has 0 unspecified atom stereocenters. The van der Waals surface area contributed by atoms with Crippen LogP contribution in [0.2, 0.25) is 0 Å². The molecule has 0 atom stereocenters. The topological polar surface area (TPSA) is 34.9 Å². The summed E-state index contributed by atoms with van der Waals surface area (Å²) in [7, 11) is 0. The maximum absolute atomic E-state index is 13.2. The van der Waals surface area contributed by atoms with Crippen LogP contribution in [0.15, 0.2) is 53.7 Å².